The van der Waals surface area contributed by atoms with Crippen LogP contribution in [-0.4, -0.2) is 10.7 Å². The standard InChI is InChI=1S/C13H23NO/c1-5-13(15,10(2)3)12(9-14)7-6-11(4)8-12/h10-11,15H,5-8H2,1-4H3. The van der Waals surface area contributed by atoms with Crippen LogP contribution in [0.1, 0.15) is 53.4 Å². The summed E-state index contributed by atoms with van der Waals surface area (Å²) in [4.78, 5) is 0. The zero-order valence-corrected chi connectivity index (χ0v) is 10.4. The van der Waals surface area contributed by atoms with Crippen molar-refractivity contribution >= 4 is 0 Å². The number of hydrogen-bond donors (Lipinski definition) is 1. The summed E-state index contributed by atoms with van der Waals surface area (Å²) in [5.41, 5.74) is -1.32. The molecule has 0 saturated heterocycles. The summed E-state index contributed by atoms with van der Waals surface area (Å²) in [5.74, 6) is 0.717. The first-order valence-electron chi connectivity index (χ1n) is 6.05. The van der Waals surface area contributed by atoms with Gasteiger partial charge < -0.3 is 5.11 Å². The number of aliphatic hydroxyl groups is 1. The highest BCUT2D eigenvalue weighted by Crippen LogP contribution is 2.52. The van der Waals surface area contributed by atoms with Crippen LogP contribution in [0.5, 0.6) is 0 Å². The molecule has 0 aromatic carbocycles. The predicted molar refractivity (Wildman–Crippen MR) is 61.1 cm³/mol. The molecule has 15 heavy (non-hydrogen) atoms. The molecule has 0 amide bonds. The Hall–Kier alpha value is -0.550. The molecule has 0 bridgehead atoms. The Bertz CT molecular complexity index is 268. The quantitative estimate of drug-likeness (QED) is 0.776. The Morgan fingerprint density at radius 1 is 1.60 bits per heavy atom. The molecular weight excluding hydrogens is 186 g/mol. The molecule has 0 radical (unpaired) electrons. The molecule has 86 valence electrons. The molecule has 1 N–H and O–H groups in total. The van der Waals surface area contributed by atoms with Crippen molar-refractivity contribution in [1.29, 1.82) is 5.26 Å². The SMILES string of the molecule is CCC(O)(C(C)C)C1(C#N)CCC(C)C1. The zero-order chi connectivity index (χ0) is 11.7. The van der Waals surface area contributed by atoms with Gasteiger partial charge in [0, 0.05) is 0 Å². The molecule has 1 aliphatic carbocycles. The minimum atomic E-state index is -0.813. The van der Waals surface area contributed by atoms with Gasteiger partial charge in [-0.3, -0.25) is 0 Å². The summed E-state index contributed by atoms with van der Waals surface area (Å²) < 4.78 is 0. The third kappa shape index (κ3) is 1.78. The second-order valence-corrected chi connectivity index (χ2v) is 5.47. The van der Waals surface area contributed by atoms with E-state index in [0.717, 1.165) is 19.3 Å². The lowest BCUT2D eigenvalue weighted by molar-refractivity contribution is -0.0939. The van der Waals surface area contributed by atoms with Crippen molar-refractivity contribution in [2.45, 2.75) is 59.0 Å². The van der Waals surface area contributed by atoms with Gasteiger partial charge in [-0.05, 0) is 37.5 Å². The summed E-state index contributed by atoms with van der Waals surface area (Å²) in [7, 11) is 0. The summed E-state index contributed by atoms with van der Waals surface area (Å²) >= 11 is 0. The smallest absolute Gasteiger partial charge is 0.0865 e. The Morgan fingerprint density at radius 3 is 2.47 bits per heavy atom. The molecule has 1 aliphatic rings. The lowest BCUT2D eigenvalue weighted by atomic mass is 9.64. The van der Waals surface area contributed by atoms with E-state index in [-0.39, 0.29) is 5.92 Å². The van der Waals surface area contributed by atoms with Gasteiger partial charge in [0.15, 0.2) is 0 Å². The third-order valence-electron chi connectivity index (χ3n) is 4.30. The maximum Gasteiger partial charge on any atom is 0.0865 e. The van der Waals surface area contributed by atoms with E-state index in [1.54, 1.807) is 0 Å². The van der Waals surface area contributed by atoms with E-state index in [0.29, 0.717) is 12.3 Å². The fourth-order valence-electron chi connectivity index (χ4n) is 3.18. The molecule has 1 rings (SSSR count). The van der Waals surface area contributed by atoms with Gasteiger partial charge in [0.05, 0.1) is 17.1 Å². The third-order valence-corrected chi connectivity index (χ3v) is 4.30. The Labute approximate surface area is 93.3 Å². The molecule has 3 unspecified atom stereocenters. The average Bonchev–Trinajstić information content (AvgIpc) is 2.60. The highest BCUT2D eigenvalue weighted by atomic mass is 16.3. The lowest BCUT2D eigenvalue weighted by Crippen LogP contribution is -2.49. The predicted octanol–water partition coefficient (Wildman–Crippen LogP) is 3.11. The van der Waals surface area contributed by atoms with Gasteiger partial charge in [-0.1, -0.05) is 27.7 Å². The van der Waals surface area contributed by atoms with E-state index < -0.39 is 11.0 Å². The van der Waals surface area contributed by atoms with Crippen LogP contribution in [0.3, 0.4) is 0 Å². The van der Waals surface area contributed by atoms with Crippen molar-refractivity contribution < 1.29 is 5.11 Å². The molecule has 0 spiro atoms. The molecular formula is C13H23NO. The van der Waals surface area contributed by atoms with Gasteiger partial charge >= 0.3 is 0 Å². The summed E-state index contributed by atoms with van der Waals surface area (Å²) in [6.07, 6.45) is 3.45. The van der Waals surface area contributed by atoms with E-state index in [1.807, 2.05) is 20.8 Å². The van der Waals surface area contributed by atoms with Crippen LogP contribution in [0.4, 0.5) is 0 Å². The van der Waals surface area contributed by atoms with Crippen LogP contribution in [-0.2, 0) is 0 Å². The number of rotatable bonds is 3. The van der Waals surface area contributed by atoms with E-state index in [2.05, 4.69) is 13.0 Å². The molecule has 1 fully saturated rings. The van der Waals surface area contributed by atoms with Crippen molar-refractivity contribution in [2.24, 2.45) is 17.3 Å². The molecule has 2 heteroatoms. The number of nitrogens with zero attached hydrogens (tertiary/aromatic N) is 1. The van der Waals surface area contributed by atoms with Crippen LogP contribution in [0.15, 0.2) is 0 Å². The molecule has 1 saturated carbocycles. The minimum Gasteiger partial charge on any atom is -0.388 e. The van der Waals surface area contributed by atoms with E-state index in [1.165, 1.54) is 0 Å². The van der Waals surface area contributed by atoms with Crippen molar-refractivity contribution in [1.82, 2.24) is 0 Å². The molecule has 2 nitrogen and oxygen atoms in total. The Morgan fingerprint density at radius 2 is 2.20 bits per heavy atom. The molecule has 3 atom stereocenters. The van der Waals surface area contributed by atoms with E-state index >= 15 is 0 Å². The van der Waals surface area contributed by atoms with Gasteiger partial charge in [-0.2, -0.15) is 5.26 Å². The van der Waals surface area contributed by atoms with Crippen LogP contribution in [0, 0.1) is 28.6 Å². The Balaban J connectivity index is 3.05. The van der Waals surface area contributed by atoms with Crippen molar-refractivity contribution in [2.75, 3.05) is 0 Å². The largest absolute Gasteiger partial charge is 0.388 e. The lowest BCUT2D eigenvalue weighted by Gasteiger charge is -2.43. The topological polar surface area (TPSA) is 44.0 Å². The number of nitriles is 1. The Kier molecular flexibility index (Phi) is 3.45. The van der Waals surface area contributed by atoms with Crippen molar-refractivity contribution in [3.05, 3.63) is 0 Å². The van der Waals surface area contributed by atoms with E-state index in [4.69, 9.17) is 0 Å². The van der Waals surface area contributed by atoms with E-state index in [9.17, 15) is 10.4 Å². The van der Waals surface area contributed by atoms with Crippen LogP contribution >= 0.6 is 0 Å². The summed E-state index contributed by atoms with van der Waals surface area (Å²) in [5, 5.41) is 20.2. The maximum atomic E-state index is 10.7. The van der Waals surface area contributed by atoms with Crippen molar-refractivity contribution in [3.63, 3.8) is 0 Å². The van der Waals surface area contributed by atoms with Gasteiger partial charge in [-0.25, -0.2) is 0 Å². The second kappa shape index (κ2) is 4.14. The average molecular weight is 209 g/mol. The molecule has 0 heterocycles. The fourth-order valence-corrected chi connectivity index (χ4v) is 3.18. The minimum absolute atomic E-state index is 0.146. The number of hydrogen-bond acceptors (Lipinski definition) is 2. The highest BCUT2D eigenvalue weighted by Gasteiger charge is 2.54. The maximum absolute atomic E-state index is 10.7. The van der Waals surface area contributed by atoms with Gasteiger partial charge in [0.2, 0.25) is 0 Å². The van der Waals surface area contributed by atoms with Crippen LogP contribution in [0.25, 0.3) is 0 Å². The van der Waals surface area contributed by atoms with Gasteiger partial charge in [0.25, 0.3) is 0 Å². The summed E-state index contributed by atoms with van der Waals surface area (Å²) in [6, 6.07) is 2.43. The van der Waals surface area contributed by atoms with Crippen LogP contribution in [0.2, 0.25) is 0 Å². The molecule has 0 aliphatic heterocycles. The molecule has 0 aromatic rings. The van der Waals surface area contributed by atoms with Crippen LogP contribution < -0.4 is 0 Å². The zero-order valence-electron chi connectivity index (χ0n) is 10.4. The van der Waals surface area contributed by atoms with Gasteiger partial charge in [0.1, 0.15) is 0 Å². The fraction of sp³-hybridized carbons (Fsp3) is 0.923. The first-order valence-corrected chi connectivity index (χ1v) is 6.05. The van der Waals surface area contributed by atoms with Crippen molar-refractivity contribution in [3.8, 4) is 6.07 Å². The highest BCUT2D eigenvalue weighted by molar-refractivity contribution is 5.15. The first kappa shape index (κ1) is 12.5. The molecule has 0 aromatic heterocycles. The normalized spacial score (nSPS) is 35.1. The first-order chi connectivity index (χ1) is 6.92. The van der Waals surface area contributed by atoms with Gasteiger partial charge in [-0.15, -0.1) is 0 Å². The summed E-state index contributed by atoms with van der Waals surface area (Å²) in [6.45, 7) is 8.20. The monoisotopic (exact) mass is 209 g/mol. The second-order valence-electron chi connectivity index (χ2n) is 5.47.